The summed E-state index contributed by atoms with van der Waals surface area (Å²) in [5.41, 5.74) is 2.12. The molecular weight excluding hydrogens is 426 g/mol. The number of nitro benzene ring substituents is 1. The molecule has 0 aliphatic carbocycles. The maximum Gasteiger partial charge on any atom is 0.284 e. The van der Waals surface area contributed by atoms with Crippen LogP contribution >= 0.6 is 31.9 Å². The average molecular weight is 435 g/mol. The SMILES string of the molecule is O=[N+]([O-])c1cc(C=Nc2ccc(Br)c3cccnc23)ccc1Br. The van der Waals surface area contributed by atoms with Gasteiger partial charge in [-0.2, -0.15) is 0 Å². The molecule has 0 unspecified atom stereocenters. The molecule has 0 radical (unpaired) electrons. The van der Waals surface area contributed by atoms with E-state index in [2.05, 4.69) is 41.8 Å². The van der Waals surface area contributed by atoms with Gasteiger partial charge in [0.15, 0.2) is 0 Å². The first kappa shape index (κ1) is 15.8. The van der Waals surface area contributed by atoms with Gasteiger partial charge in [-0.15, -0.1) is 0 Å². The molecule has 3 aromatic rings. The Balaban J connectivity index is 2.03. The zero-order valence-electron chi connectivity index (χ0n) is 11.6. The number of pyridine rings is 1. The molecule has 114 valence electrons. The lowest BCUT2D eigenvalue weighted by molar-refractivity contribution is -0.385. The van der Waals surface area contributed by atoms with E-state index in [1.54, 1.807) is 24.5 Å². The molecule has 0 N–H and O–H groups in total. The first-order valence-electron chi connectivity index (χ1n) is 6.57. The van der Waals surface area contributed by atoms with Crippen molar-refractivity contribution in [1.82, 2.24) is 4.98 Å². The number of benzene rings is 2. The average Bonchev–Trinajstić information content (AvgIpc) is 2.55. The maximum absolute atomic E-state index is 11.0. The first-order chi connectivity index (χ1) is 11.1. The van der Waals surface area contributed by atoms with Crippen LogP contribution in [0.15, 0.2) is 62.6 Å². The van der Waals surface area contributed by atoms with Crippen molar-refractivity contribution in [2.45, 2.75) is 0 Å². The van der Waals surface area contributed by atoms with Crippen molar-refractivity contribution in [2.24, 2.45) is 4.99 Å². The molecule has 3 rings (SSSR count). The van der Waals surface area contributed by atoms with Crippen molar-refractivity contribution in [3.8, 4) is 0 Å². The van der Waals surface area contributed by atoms with Crippen LogP contribution in [0.1, 0.15) is 5.56 Å². The number of nitro groups is 1. The lowest BCUT2D eigenvalue weighted by atomic mass is 10.2. The van der Waals surface area contributed by atoms with Crippen molar-refractivity contribution < 1.29 is 4.92 Å². The second kappa shape index (κ2) is 6.55. The van der Waals surface area contributed by atoms with Gasteiger partial charge in [0.05, 0.1) is 20.6 Å². The van der Waals surface area contributed by atoms with Crippen molar-refractivity contribution in [1.29, 1.82) is 0 Å². The number of fused-ring (bicyclic) bond motifs is 1. The highest BCUT2D eigenvalue weighted by Crippen LogP contribution is 2.30. The summed E-state index contributed by atoms with van der Waals surface area (Å²) < 4.78 is 1.38. The van der Waals surface area contributed by atoms with E-state index in [-0.39, 0.29) is 5.69 Å². The van der Waals surface area contributed by atoms with Gasteiger partial charge in [-0.1, -0.05) is 28.1 Å². The van der Waals surface area contributed by atoms with Gasteiger partial charge in [0.2, 0.25) is 0 Å². The summed E-state index contributed by atoms with van der Waals surface area (Å²) in [6.45, 7) is 0. The number of hydrogen-bond donors (Lipinski definition) is 0. The Kier molecular flexibility index (Phi) is 4.49. The van der Waals surface area contributed by atoms with Gasteiger partial charge in [0, 0.05) is 28.3 Å². The standard InChI is InChI=1S/C16H9Br2N3O2/c17-12-5-6-14(16-11(12)2-1-7-19-16)20-9-10-3-4-13(18)15(8-10)21(22)23/h1-9H. The van der Waals surface area contributed by atoms with Gasteiger partial charge in [-0.25, -0.2) is 0 Å². The Labute approximate surface area is 148 Å². The van der Waals surface area contributed by atoms with E-state index in [9.17, 15) is 10.1 Å². The molecule has 0 atom stereocenters. The third-order valence-corrected chi connectivity index (χ3v) is 4.58. The van der Waals surface area contributed by atoms with Crippen LogP contribution in [0.5, 0.6) is 0 Å². The smallest absolute Gasteiger partial charge is 0.258 e. The fourth-order valence-electron chi connectivity index (χ4n) is 2.12. The van der Waals surface area contributed by atoms with Crippen LogP contribution in [0.4, 0.5) is 11.4 Å². The summed E-state index contributed by atoms with van der Waals surface area (Å²) >= 11 is 6.65. The Bertz CT molecular complexity index is 942. The third kappa shape index (κ3) is 3.30. The van der Waals surface area contributed by atoms with E-state index >= 15 is 0 Å². The third-order valence-electron chi connectivity index (χ3n) is 3.21. The van der Waals surface area contributed by atoms with E-state index in [1.807, 2.05) is 24.3 Å². The zero-order chi connectivity index (χ0) is 16.4. The number of aromatic nitrogens is 1. The Morgan fingerprint density at radius 1 is 1.13 bits per heavy atom. The molecule has 1 heterocycles. The van der Waals surface area contributed by atoms with E-state index in [4.69, 9.17) is 0 Å². The number of rotatable bonds is 3. The predicted octanol–water partition coefficient (Wildman–Crippen LogP) is 5.42. The van der Waals surface area contributed by atoms with Gasteiger partial charge in [0.25, 0.3) is 5.69 Å². The monoisotopic (exact) mass is 433 g/mol. The molecular formula is C16H9Br2N3O2. The van der Waals surface area contributed by atoms with Gasteiger partial charge in [-0.05, 0) is 45.8 Å². The van der Waals surface area contributed by atoms with Crippen LogP contribution in [0.25, 0.3) is 10.9 Å². The summed E-state index contributed by atoms with van der Waals surface area (Å²) in [7, 11) is 0. The van der Waals surface area contributed by atoms with Gasteiger partial charge >= 0.3 is 0 Å². The minimum Gasteiger partial charge on any atom is -0.258 e. The molecule has 23 heavy (non-hydrogen) atoms. The minimum absolute atomic E-state index is 0.00717. The number of nitrogens with zero attached hydrogens (tertiary/aromatic N) is 3. The molecule has 5 nitrogen and oxygen atoms in total. The van der Waals surface area contributed by atoms with Crippen molar-refractivity contribution >= 4 is 60.4 Å². The second-order valence-electron chi connectivity index (χ2n) is 4.69. The second-order valence-corrected chi connectivity index (χ2v) is 6.40. The molecule has 0 amide bonds. The van der Waals surface area contributed by atoms with Gasteiger partial charge < -0.3 is 0 Å². The van der Waals surface area contributed by atoms with Crippen LogP contribution in [-0.4, -0.2) is 16.1 Å². The van der Waals surface area contributed by atoms with Crippen LogP contribution in [0.3, 0.4) is 0 Å². The summed E-state index contributed by atoms with van der Waals surface area (Å²) in [4.78, 5) is 19.3. The molecule has 0 saturated heterocycles. The molecule has 0 aliphatic rings. The Morgan fingerprint density at radius 2 is 1.91 bits per heavy atom. The normalized spacial score (nSPS) is 11.2. The quantitative estimate of drug-likeness (QED) is 0.314. The highest BCUT2D eigenvalue weighted by molar-refractivity contribution is 9.11. The molecule has 2 aromatic carbocycles. The zero-order valence-corrected chi connectivity index (χ0v) is 14.8. The van der Waals surface area contributed by atoms with E-state index in [0.717, 1.165) is 15.4 Å². The van der Waals surface area contributed by atoms with E-state index < -0.39 is 4.92 Å². The number of halogens is 2. The van der Waals surface area contributed by atoms with Crippen LogP contribution in [-0.2, 0) is 0 Å². The van der Waals surface area contributed by atoms with Crippen LogP contribution < -0.4 is 0 Å². The summed E-state index contributed by atoms with van der Waals surface area (Å²) in [6, 6.07) is 12.4. The predicted molar refractivity (Wildman–Crippen MR) is 97.5 cm³/mol. The topological polar surface area (TPSA) is 68.4 Å². The summed E-state index contributed by atoms with van der Waals surface area (Å²) in [6.07, 6.45) is 3.30. The molecule has 0 fully saturated rings. The lowest BCUT2D eigenvalue weighted by Crippen LogP contribution is -1.91. The van der Waals surface area contributed by atoms with Gasteiger partial charge in [0.1, 0.15) is 0 Å². The van der Waals surface area contributed by atoms with E-state index in [1.165, 1.54) is 6.07 Å². The molecule has 1 aromatic heterocycles. The van der Waals surface area contributed by atoms with Crippen LogP contribution in [0.2, 0.25) is 0 Å². The van der Waals surface area contributed by atoms with Crippen molar-refractivity contribution in [3.05, 3.63) is 73.3 Å². The maximum atomic E-state index is 11.0. The highest BCUT2D eigenvalue weighted by atomic mass is 79.9. The first-order valence-corrected chi connectivity index (χ1v) is 8.16. The lowest BCUT2D eigenvalue weighted by Gasteiger charge is -2.03. The van der Waals surface area contributed by atoms with E-state index in [0.29, 0.717) is 15.7 Å². The molecule has 0 bridgehead atoms. The van der Waals surface area contributed by atoms with Crippen molar-refractivity contribution in [3.63, 3.8) is 0 Å². The summed E-state index contributed by atoms with van der Waals surface area (Å²) in [5.74, 6) is 0. The molecule has 7 heteroatoms. The highest BCUT2D eigenvalue weighted by Gasteiger charge is 2.11. The largest absolute Gasteiger partial charge is 0.284 e. The number of hydrogen-bond acceptors (Lipinski definition) is 4. The molecule has 0 spiro atoms. The fourth-order valence-corrected chi connectivity index (χ4v) is 2.96. The van der Waals surface area contributed by atoms with Crippen LogP contribution in [0, 0.1) is 10.1 Å². The Morgan fingerprint density at radius 3 is 2.70 bits per heavy atom. The van der Waals surface area contributed by atoms with Crippen molar-refractivity contribution in [2.75, 3.05) is 0 Å². The molecule has 0 aliphatic heterocycles. The van der Waals surface area contributed by atoms with Gasteiger partial charge in [-0.3, -0.25) is 20.1 Å². The Hall–Kier alpha value is -2.12. The number of aliphatic imine (C=N–C) groups is 1. The fraction of sp³-hybridized carbons (Fsp3) is 0. The molecule has 0 saturated carbocycles. The minimum atomic E-state index is -0.433. The summed E-state index contributed by atoms with van der Waals surface area (Å²) in [5, 5.41) is 11.9.